The van der Waals surface area contributed by atoms with Crippen molar-refractivity contribution in [2.75, 3.05) is 32.0 Å². The topological polar surface area (TPSA) is 44.4 Å². The van der Waals surface area contributed by atoms with Crippen LogP contribution in [0.15, 0.2) is 24.3 Å². The Kier molecular flexibility index (Phi) is 5.76. The minimum absolute atomic E-state index is 0.0765. The fourth-order valence-corrected chi connectivity index (χ4v) is 2.81. The zero-order valence-electron chi connectivity index (χ0n) is 13.4. The molecule has 1 heterocycles. The predicted octanol–water partition coefficient (Wildman–Crippen LogP) is 2.43. The lowest BCUT2D eigenvalue weighted by molar-refractivity contribution is -0.117. The average Bonchev–Trinajstić information content (AvgIpc) is 2.47. The number of nitrogens with zero attached hydrogens (tertiary/aromatic N) is 1. The number of amides is 1. The molecule has 2 N–H and O–H groups in total. The summed E-state index contributed by atoms with van der Waals surface area (Å²) in [5.74, 6) is 0.549. The lowest BCUT2D eigenvalue weighted by Gasteiger charge is -2.31. The Morgan fingerprint density at radius 3 is 2.95 bits per heavy atom. The Morgan fingerprint density at radius 1 is 1.43 bits per heavy atom. The number of anilines is 1. The van der Waals surface area contributed by atoms with Gasteiger partial charge in [0.1, 0.15) is 0 Å². The van der Waals surface area contributed by atoms with E-state index < -0.39 is 0 Å². The standard InChI is InChI=1S/C17H27N3O/c1-13(2)14-6-4-7-15(10-14)19-17(21)12-20-9-5-8-16(11-20)18-3/h4,6-7,10,13,16,18H,5,8-9,11-12H2,1-3H3,(H,19,21). The van der Waals surface area contributed by atoms with Gasteiger partial charge in [0.05, 0.1) is 6.54 Å². The number of hydrogen-bond donors (Lipinski definition) is 2. The number of rotatable bonds is 5. The van der Waals surface area contributed by atoms with Gasteiger partial charge < -0.3 is 10.6 Å². The van der Waals surface area contributed by atoms with Crippen molar-refractivity contribution in [3.05, 3.63) is 29.8 Å². The third-order valence-electron chi connectivity index (χ3n) is 4.12. The number of benzene rings is 1. The molecule has 1 atom stereocenters. The zero-order chi connectivity index (χ0) is 15.2. The van der Waals surface area contributed by atoms with E-state index in [0.29, 0.717) is 18.5 Å². The highest BCUT2D eigenvalue weighted by atomic mass is 16.2. The molecule has 0 bridgehead atoms. The van der Waals surface area contributed by atoms with Crippen molar-refractivity contribution in [1.29, 1.82) is 0 Å². The van der Waals surface area contributed by atoms with Crippen molar-refractivity contribution in [3.8, 4) is 0 Å². The summed E-state index contributed by atoms with van der Waals surface area (Å²) in [6.07, 6.45) is 2.35. The van der Waals surface area contributed by atoms with E-state index in [4.69, 9.17) is 0 Å². The maximum atomic E-state index is 12.2. The van der Waals surface area contributed by atoms with Crippen LogP contribution in [0.2, 0.25) is 0 Å². The van der Waals surface area contributed by atoms with E-state index in [0.717, 1.165) is 25.2 Å². The first kappa shape index (κ1) is 16.0. The molecular weight excluding hydrogens is 262 g/mol. The van der Waals surface area contributed by atoms with E-state index in [1.165, 1.54) is 12.0 Å². The second-order valence-corrected chi connectivity index (χ2v) is 6.19. The summed E-state index contributed by atoms with van der Waals surface area (Å²) in [5.41, 5.74) is 2.15. The summed E-state index contributed by atoms with van der Waals surface area (Å²) in [6, 6.07) is 8.63. The van der Waals surface area contributed by atoms with E-state index in [1.54, 1.807) is 0 Å². The van der Waals surface area contributed by atoms with Crippen molar-refractivity contribution in [3.63, 3.8) is 0 Å². The normalized spacial score (nSPS) is 19.7. The molecule has 4 heteroatoms. The zero-order valence-corrected chi connectivity index (χ0v) is 13.4. The first-order valence-corrected chi connectivity index (χ1v) is 7.88. The molecule has 0 aromatic heterocycles. The third-order valence-corrected chi connectivity index (χ3v) is 4.12. The summed E-state index contributed by atoms with van der Waals surface area (Å²) < 4.78 is 0. The van der Waals surface area contributed by atoms with Gasteiger partial charge in [-0.3, -0.25) is 9.69 Å². The van der Waals surface area contributed by atoms with E-state index in [2.05, 4.69) is 41.5 Å². The number of likely N-dealkylation sites (tertiary alicyclic amines) is 1. The molecule has 0 aliphatic carbocycles. The van der Waals surface area contributed by atoms with Gasteiger partial charge in [-0.2, -0.15) is 0 Å². The maximum Gasteiger partial charge on any atom is 0.238 e. The van der Waals surface area contributed by atoms with Gasteiger partial charge >= 0.3 is 0 Å². The van der Waals surface area contributed by atoms with Crippen LogP contribution in [0.5, 0.6) is 0 Å². The molecule has 1 unspecified atom stereocenters. The number of likely N-dealkylation sites (N-methyl/N-ethyl adjacent to an activating group) is 1. The summed E-state index contributed by atoms with van der Waals surface area (Å²) in [5, 5.41) is 6.32. The van der Waals surface area contributed by atoms with E-state index in [1.807, 2.05) is 19.2 Å². The predicted molar refractivity (Wildman–Crippen MR) is 87.7 cm³/mol. The average molecular weight is 289 g/mol. The third kappa shape index (κ3) is 4.83. The Labute approximate surface area is 127 Å². The Bertz CT molecular complexity index is 473. The van der Waals surface area contributed by atoms with Gasteiger partial charge in [-0.15, -0.1) is 0 Å². The highest BCUT2D eigenvalue weighted by Gasteiger charge is 2.20. The van der Waals surface area contributed by atoms with Crippen molar-refractivity contribution in [2.24, 2.45) is 0 Å². The van der Waals surface area contributed by atoms with Crippen molar-refractivity contribution < 1.29 is 4.79 Å². The summed E-state index contributed by atoms with van der Waals surface area (Å²) in [6.45, 7) is 6.76. The fourth-order valence-electron chi connectivity index (χ4n) is 2.81. The maximum absolute atomic E-state index is 12.2. The van der Waals surface area contributed by atoms with Crippen LogP contribution >= 0.6 is 0 Å². The van der Waals surface area contributed by atoms with Crippen LogP contribution in [0.3, 0.4) is 0 Å². The highest BCUT2D eigenvalue weighted by Crippen LogP contribution is 2.18. The van der Waals surface area contributed by atoms with Crippen molar-refractivity contribution in [2.45, 2.75) is 38.6 Å². The largest absolute Gasteiger partial charge is 0.325 e. The van der Waals surface area contributed by atoms with Gasteiger partial charge in [-0.05, 0) is 50.0 Å². The number of carbonyl (C=O) groups excluding carboxylic acids is 1. The Hall–Kier alpha value is -1.39. The van der Waals surface area contributed by atoms with Crippen LogP contribution in [0.25, 0.3) is 0 Å². The van der Waals surface area contributed by atoms with Crippen LogP contribution in [-0.2, 0) is 4.79 Å². The lowest BCUT2D eigenvalue weighted by atomic mass is 10.0. The highest BCUT2D eigenvalue weighted by molar-refractivity contribution is 5.92. The minimum Gasteiger partial charge on any atom is -0.325 e. The van der Waals surface area contributed by atoms with Crippen LogP contribution in [-0.4, -0.2) is 43.5 Å². The summed E-state index contributed by atoms with van der Waals surface area (Å²) in [7, 11) is 1.99. The van der Waals surface area contributed by atoms with Crippen molar-refractivity contribution >= 4 is 11.6 Å². The smallest absolute Gasteiger partial charge is 0.238 e. The molecule has 21 heavy (non-hydrogen) atoms. The second kappa shape index (κ2) is 7.57. The molecule has 1 aromatic carbocycles. The Balaban J connectivity index is 1.88. The Morgan fingerprint density at radius 2 is 2.24 bits per heavy atom. The first-order valence-electron chi connectivity index (χ1n) is 7.88. The number of nitrogens with one attached hydrogen (secondary N) is 2. The number of piperidine rings is 1. The molecule has 0 saturated carbocycles. The molecule has 4 nitrogen and oxygen atoms in total. The molecule has 0 radical (unpaired) electrons. The van der Waals surface area contributed by atoms with Gasteiger partial charge in [0, 0.05) is 18.3 Å². The van der Waals surface area contributed by atoms with Gasteiger partial charge in [0.15, 0.2) is 0 Å². The molecule has 1 saturated heterocycles. The summed E-state index contributed by atoms with van der Waals surface area (Å²) in [4.78, 5) is 14.4. The monoisotopic (exact) mass is 289 g/mol. The number of hydrogen-bond acceptors (Lipinski definition) is 3. The lowest BCUT2D eigenvalue weighted by Crippen LogP contribution is -2.46. The van der Waals surface area contributed by atoms with E-state index in [-0.39, 0.29) is 5.91 Å². The van der Waals surface area contributed by atoms with Crippen molar-refractivity contribution in [1.82, 2.24) is 10.2 Å². The second-order valence-electron chi connectivity index (χ2n) is 6.19. The fraction of sp³-hybridized carbons (Fsp3) is 0.588. The SMILES string of the molecule is CNC1CCCN(CC(=O)Nc2cccc(C(C)C)c2)C1. The molecule has 1 amide bonds. The molecular formula is C17H27N3O. The molecule has 1 aliphatic heterocycles. The van der Waals surface area contributed by atoms with Crippen LogP contribution < -0.4 is 10.6 Å². The summed E-state index contributed by atoms with van der Waals surface area (Å²) >= 11 is 0. The van der Waals surface area contributed by atoms with Crippen LogP contribution in [0.4, 0.5) is 5.69 Å². The minimum atomic E-state index is 0.0765. The molecule has 1 aromatic rings. The first-order chi connectivity index (χ1) is 10.1. The van der Waals surface area contributed by atoms with Crippen LogP contribution in [0, 0.1) is 0 Å². The van der Waals surface area contributed by atoms with Gasteiger partial charge in [-0.1, -0.05) is 26.0 Å². The quantitative estimate of drug-likeness (QED) is 0.875. The number of carbonyl (C=O) groups is 1. The van der Waals surface area contributed by atoms with E-state index in [9.17, 15) is 4.79 Å². The van der Waals surface area contributed by atoms with E-state index >= 15 is 0 Å². The molecule has 2 rings (SSSR count). The molecule has 1 aliphatic rings. The van der Waals surface area contributed by atoms with Gasteiger partial charge in [0.25, 0.3) is 0 Å². The van der Waals surface area contributed by atoms with Gasteiger partial charge in [-0.25, -0.2) is 0 Å². The van der Waals surface area contributed by atoms with Crippen LogP contribution in [0.1, 0.15) is 38.2 Å². The molecule has 1 fully saturated rings. The van der Waals surface area contributed by atoms with Gasteiger partial charge in [0.2, 0.25) is 5.91 Å². The molecule has 0 spiro atoms. The molecule has 116 valence electrons.